The molecule has 26 heavy (non-hydrogen) atoms. The van der Waals surface area contributed by atoms with Crippen molar-refractivity contribution in [1.29, 1.82) is 0 Å². The lowest BCUT2D eigenvalue weighted by atomic mass is 10.0. The van der Waals surface area contributed by atoms with Gasteiger partial charge in [0.1, 0.15) is 5.82 Å². The van der Waals surface area contributed by atoms with E-state index in [0.717, 1.165) is 11.1 Å². The van der Waals surface area contributed by atoms with Crippen LogP contribution in [0.1, 0.15) is 33.8 Å². The van der Waals surface area contributed by atoms with E-state index in [1.54, 1.807) is 11.1 Å². The molecule has 138 valence electrons. The van der Waals surface area contributed by atoms with Gasteiger partial charge in [-0.1, -0.05) is 17.4 Å². The largest absolute Gasteiger partial charge is 0.347 e. The maximum absolute atomic E-state index is 13.3. The van der Waals surface area contributed by atoms with E-state index in [1.165, 1.54) is 23.5 Å². The van der Waals surface area contributed by atoms with Crippen molar-refractivity contribution in [2.75, 3.05) is 13.6 Å². The number of carbonyl (C=O) groups is 1. The van der Waals surface area contributed by atoms with E-state index in [4.69, 9.17) is 5.73 Å². The summed E-state index contributed by atoms with van der Waals surface area (Å²) >= 11 is 1.39. The Bertz CT molecular complexity index is 796. The maximum Gasteiger partial charge on any atom is 0.261 e. The highest BCUT2D eigenvalue weighted by molar-refractivity contribution is 7.12. The molecule has 0 radical (unpaired) electrons. The van der Waals surface area contributed by atoms with Gasteiger partial charge in [-0.15, -0.1) is 11.3 Å². The van der Waals surface area contributed by atoms with E-state index in [2.05, 4.69) is 15.7 Å². The van der Waals surface area contributed by atoms with Crippen molar-refractivity contribution >= 4 is 17.2 Å². The fourth-order valence-corrected chi connectivity index (χ4v) is 3.95. The lowest BCUT2D eigenvalue weighted by Gasteiger charge is -2.19. The topological polar surface area (TPSA) is 83.1 Å². The van der Waals surface area contributed by atoms with Gasteiger partial charge in [-0.25, -0.2) is 4.39 Å². The third-order valence-electron chi connectivity index (χ3n) is 4.41. The van der Waals surface area contributed by atoms with Crippen LogP contribution in [-0.4, -0.2) is 36.6 Å². The van der Waals surface area contributed by atoms with Crippen LogP contribution in [0.3, 0.4) is 0 Å². The van der Waals surface area contributed by atoms with Gasteiger partial charge in [-0.2, -0.15) is 5.11 Å². The fraction of sp³-hybridized carbons (Fsp3) is 0.389. The third kappa shape index (κ3) is 4.08. The highest BCUT2D eigenvalue weighted by atomic mass is 32.1. The van der Waals surface area contributed by atoms with Gasteiger partial charge in [0.2, 0.25) is 0 Å². The van der Waals surface area contributed by atoms with E-state index in [-0.39, 0.29) is 36.4 Å². The fourth-order valence-electron chi connectivity index (χ4n) is 3.11. The van der Waals surface area contributed by atoms with Crippen LogP contribution >= 0.6 is 11.3 Å². The summed E-state index contributed by atoms with van der Waals surface area (Å²) in [5.74, 6) is -0.464. The molecule has 1 aliphatic rings. The molecule has 6 nitrogen and oxygen atoms in total. The first-order valence-electron chi connectivity index (χ1n) is 8.45. The first kappa shape index (κ1) is 18.5. The third-order valence-corrected chi connectivity index (χ3v) is 5.36. The molecule has 0 spiro atoms. The van der Waals surface area contributed by atoms with Crippen LogP contribution in [0.5, 0.6) is 0 Å². The minimum atomic E-state index is -0.293. The van der Waals surface area contributed by atoms with Crippen molar-refractivity contribution in [3.8, 4) is 0 Å². The number of amides is 1. The first-order valence-corrected chi connectivity index (χ1v) is 9.33. The number of hydrogen-bond donors (Lipinski definition) is 2. The molecule has 0 fully saturated rings. The Balaban J connectivity index is 1.65. The molecule has 0 saturated heterocycles. The number of likely N-dealkylation sites (N-methyl/N-ethyl adjacent to an activating group) is 1. The SMILES string of the molecule is CC1N=NN(C)C1c1csc(C(=O)N[C@H](CN)Cc2cccc(F)c2)c1. The van der Waals surface area contributed by atoms with Crippen molar-refractivity contribution in [1.82, 2.24) is 10.3 Å². The molecule has 0 saturated carbocycles. The summed E-state index contributed by atoms with van der Waals surface area (Å²) in [7, 11) is 1.87. The highest BCUT2D eigenvalue weighted by Crippen LogP contribution is 2.33. The molecule has 0 aliphatic carbocycles. The van der Waals surface area contributed by atoms with Crippen LogP contribution in [0.15, 0.2) is 46.0 Å². The number of hydrogen-bond acceptors (Lipinski definition) is 6. The van der Waals surface area contributed by atoms with Crippen molar-refractivity contribution in [3.05, 3.63) is 57.5 Å². The Kier molecular flexibility index (Phi) is 5.63. The molecule has 3 atom stereocenters. The second-order valence-electron chi connectivity index (χ2n) is 6.45. The first-order chi connectivity index (χ1) is 12.5. The number of carbonyl (C=O) groups excluding carboxylic acids is 1. The van der Waals surface area contributed by atoms with Crippen LogP contribution in [0.25, 0.3) is 0 Å². The van der Waals surface area contributed by atoms with Gasteiger partial charge < -0.3 is 11.1 Å². The van der Waals surface area contributed by atoms with Gasteiger partial charge in [0.15, 0.2) is 0 Å². The minimum Gasteiger partial charge on any atom is -0.347 e. The Labute approximate surface area is 155 Å². The summed E-state index contributed by atoms with van der Waals surface area (Å²) in [5.41, 5.74) is 7.62. The van der Waals surface area contributed by atoms with Gasteiger partial charge >= 0.3 is 0 Å². The van der Waals surface area contributed by atoms with Crippen molar-refractivity contribution < 1.29 is 9.18 Å². The molecule has 3 N–H and O–H groups in total. The monoisotopic (exact) mass is 375 g/mol. The zero-order chi connectivity index (χ0) is 18.7. The number of halogens is 1. The van der Waals surface area contributed by atoms with E-state index in [1.807, 2.05) is 31.5 Å². The molecule has 2 unspecified atom stereocenters. The smallest absolute Gasteiger partial charge is 0.261 e. The second kappa shape index (κ2) is 7.92. The summed E-state index contributed by atoms with van der Waals surface area (Å²) < 4.78 is 13.3. The molecular weight excluding hydrogens is 353 g/mol. The normalized spacial score (nSPS) is 20.4. The Morgan fingerprint density at radius 1 is 1.46 bits per heavy atom. The maximum atomic E-state index is 13.3. The summed E-state index contributed by atoms with van der Waals surface area (Å²) in [4.78, 5) is 13.2. The molecule has 2 aromatic rings. The van der Waals surface area contributed by atoms with Crippen molar-refractivity contribution in [2.24, 2.45) is 16.1 Å². The molecule has 3 rings (SSSR count). The standard InChI is InChI=1S/C18H22FN5OS/c1-11-17(24(2)23-22-11)13-8-16(26-10-13)18(25)21-15(9-20)7-12-4-3-5-14(19)6-12/h3-6,8,10-11,15,17H,7,9,20H2,1-2H3,(H,21,25)/t11?,15-,17?/m0/s1. The van der Waals surface area contributed by atoms with Gasteiger partial charge in [-0.3, -0.25) is 9.80 Å². The Hall–Kier alpha value is -2.32. The number of benzene rings is 1. The second-order valence-corrected chi connectivity index (χ2v) is 7.36. The summed E-state index contributed by atoms with van der Waals surface area (Å²) in [6.45, 7) is 2.28. The summed E-state index contributed by atoms with van der Waals surface area (Å²) in [6.07, 6.45) is 0.485. The molecule has 1 aliphatic heterocycles. The van der Waals surface area contributed by atoms with E-state index < -0.39 is 0 Å². The summed E-state index contributed by atoms with van der Waals surface area (Å²) in [6, 6.07) is 8.05. The molecule has 1 aromatic heterocycles. The zero-order valence-electron chi connectivity index (χ0n) is 14.7. The Morgan fingerprint density at radius 2 is 2.27 bits per heavy atom. The molecular formula is C18H22FN5OS. The molecule has 0 bridgehead atoms. The van der Waals surface area contributed by atoms with Gasteiger partial charge in [0.05, 0.1) is 17.0 Å². The molecule has 1 amide bonds. The predicted molar refractivity (Wildman–Crippen MR) is 99.6 cm³/mol. The zero-order valence-corrected chi connectivity index (χ0v) is 15.5. The van der Waals surface area contributed by atoms with Crippen LogP contribution < -0.4 is 11.1 Å². The van der Waals surface area contributed by atoms with Crippen LogP contribution in [0.2, 0.25) is 0 Å². The minimum absolute atomic E-state index is 0.0467. The van der Waals surface area contributed by atoms with Crippen LogP contribution in [-0.2, 0) is 6.42 Å². The van der Waals surface area contributed by atoms with E-state index in [0.29, 0.717) is 11.3 Å². The lowest BCUT2D eigenvalue weighted by molar-refractivity contribution is 0.0942. The number of nitrogens with zero attached hydrogens (tertiary/aromatic N) is 3. The van der Waals surface area contributed by atoms with E-state index >= 15 is 0 Å². The Morgan fingerprint density at radius 3 is 2.92 bits per heavy atom. The van der Waals surface area contributed by atoms with E-state index in [9.17, 15) is 9.18 Å². The van der Waals surface area contributed by atoms with Gasteiger partial charge in [-0.05, 0) is 48.1 Å². The number of rotatable bonds is 6. The molecule has 1 aromatic carbocycles. The average Bonchev–Trinajstić information content (AvgIpc) is 3.21. The van der Waals surface area contributed by atoms with Crippen molar-refractivity contribution in [3.63, 3.8) is 0 Å². The summed E-state index contributed by atoms with van der Waals surface area (Å²) in [5, 5.41) is 14.9. The lowest BCUT2D eigenvalue weighted by Crippen LogP contribution is -2.41. The number of thiophene rings is 1. The highest BCUT2D eigenvalue weighted by Gasteiger charge is 2.29. The predicted octanol–water partition coefficient (Wildman–Crippen LogP) is 2.93. The average molecular weight is 375 g/mol. The number of nitrogens with two attached hydrogens (primary N) is 1. The van der Waals surface area contributed by atoms with Crippen LogP contribution in [0, 0.1) is 5.82 Å². The number of nitrogens with one attached hydrogen (secondary N) is 1. The van der Waals surface area contributed by atoms with Gasteiger partial charge in [0.25, 0.3) is 5.91 Å². The molecule has 8 heteroatoms. The van der Waals surface area contributed by atoms with Crippen molar-refractivity contribution in [2.45, 2.75) is 31.5 Å². The van der Waals surface area contributed by atoms with Crippen LogP contribution in [0.4, 0.5) is 4.39 Å². The quantitative estimate of drug-likeness (QED) is 0.814. The molecule has 2 heterocycles. The van der Waals surface area contributed by atoms with Gasteiger partial charge in [0, 0.05) is 19.6 Å².